The van der Waals surface area contributed by atoms with E-state index in [0.717, 1.165) is 15.8 Å². The third kappa shape index (κ3) is 3.15. The highest BCUT2D eigenvalue weighted by molar-refractivity contribution is 7.16. The van der Waals surface area contributed by atoms with Crippen molar-refractivity contribution >= 4 is 27.5 Å². The molecule has 0 atom stereocenters. The first-order valence-corrected chi connectivity index (χ1v) is 9.12. The molecule has 0 saturated carbocycles. The first-order valence-electron chi connectivity index (χ1n) is 8.31. The van der Waals surface area contributed by atoms with Gasteiger partial charge in [-0.1, -0.05) is 29.5 Å². The number of aromatic nitrogens is 1. The van der Waals surface area contributed by atoms with Crippen LogP contribution >= 0.6 is 11.3 Å². The summed E-state index contributed by atoms with van der Waals surface area (Å²) in [6, 6.07) is 11.8. The van der Waals surface area contributed by atoms with Crippen molar-refractivity contribution < 1.29 is 14.3 Å². The molecule has 3 aromatic rings. The van der Waals surface area contributed by atoms with Gasteiger partial charge in [0, 0.05) is 6.54 Å². The van der Waals surface area contributed by atoms with Gasteiger partial charge in [-0.25, -0.2) is 0 Å². The lowest BCUT2D eigenvalue weighted by molar-refractivity contribution is -0.117. The zero-order valence-electron chi connectivity index (χ0n) is 14.4. The average molecular weight is 366 g/mol. The molecule has 0 fully saturated rings. The van der Waals surface area contributed by atoms with Crippen LogP contribution in [0.1, 0.15) is 11.1 Å². The van der Waals surface area contributed by atoms with E-state index < -0.39 is 0 Å². The van der Waals surface area contributed by atoms with E-state index in [1.54, 1.807) is 0 Å². The number of carbonyl (C=O) groups is 1. The summed E-state index contributed by atoms with van der Waals surface area (Å²) in [4.78, 5) is 17.6. The minimum Gasteiger partial charge on any atom is -0.454 e. The summed E-state index contributed by atoms with van der Waals surface area (Å²) in [5.74, 6) is 1.20. The van der Waals surface area contributed by atoms with E-state index in [4.69, 9.17) is 9.47 Å². The Morgan fingerprint density at radius 3 is 2.96 bits per heavy atom. The molecule has 2 heterocycles. The van der Waals surface area contributed by atoms with Gasteiger partial charge in [0.05, 0.1) is 16.6 Å². The second kappa shape index (κ2) is 6.80. The number of carbonyl (C=O) groups excluding carboxylic acids is 1. The van der Waals surface area contributed by atoms with Gasteiger partial charge in [0.2, 0.25) is 6.79 Å². The van der Waals surface area contributed by atoms with Crippen molar-refractivity contribution in [2.24, 2.45) is 4.99 Å². The quantitative estimate of drug-likeness (QED) is 0.663. The molecule has 132 valence electrons. The highest BCUT2D eigenvalue weighted by Gasteiger charge is 2.14. The van der Waals surface area contributed by atoms with Gasteiger partial charge in [-0.05, 0) is 42.3 Å². The van der Waals surface area contributed by atoms with Crippen LogP contribution in [0.2, 0.25) is 0 Å². The van der Waals surface area contributed by atoms with E-state index in [9.17, 15) is 4.79 Å². The largest absolute Gasteiger partial charge is 0.454 e. The highest BCUT2D eigenvalue weighted by atomic mass is 32.1. The van der Waals surface area contributed by atoms with Crippen molar-refractivity contribution in [2.75, 3.05) is 6.79 Å². The third-order valence-corrected chi connectivity index (χ3v) is 5.20. The van der Waals surface area contributed by atoms with Crippen molar-refractivity contribution in [1.82, 2.24) is 4.57 Å². The maximum Gasteiger partial charge on any atom is 0.252 e. The molecular weight excluding hydrogens is 348 g/mol. The highest BCUT2D eigenvalue weighted by Crippen LogP contribution is 2.32. The van der Waals surface area contributed by atoms with Gasteiger partial charge in [-0.15, -0.1) is 6.58 Å². The summed E-state index contributed by atoms with van der Waals surface area (Å²) < 4.78 is 13.8. The smallest absolute Gasteiger partial charge is 0.252 e. The molecule has 1 aliphatic heterocycles. The van der Waals surface area contributed by atoms with E-state index in [2.05, 4.69) is 36.7 Å². The number of hydrogen-bond donors (Lipinski definition) is 0. The van der Waals surface area contributed by atoms with Gasteiger partial charge in [-0.2, -0.15) is 4.99 Å². The molecular formula is C20H18N2O3S. The van der Waals surface area contributed by atoms with E-state index in [1.807, 2.05) is 28.8 Å². The van der Waals surface area contributed by atoms with Crippen LogP contribution < -0.4 is 14.3 Å². The fraction of sp³-hybridized carbons (Fsp3) is 0.200. The van der Waals surface area contributed by atoms with E-state index in [1.165, 1.54) is 16.9 Å². The lowest BCUT2D eigenvalue weighted by Crippen LogP contribution is -2.16. The molecule has 1 aromatic heterocycles. The Morgan fingerprint density at radius 2 is 2.12 bits per heavy atom. The molecule has 0 aliphatic carbocycles. The lowest BCUT2D eigenvalue weighted by Gasteiger charge is -2.02. The van der Waals surface area contributed by atoms with Gasteiger partial charge in [-0.3, -0.25) is 4.79 Å². The van der Waals surface area contributed by atoms with E-state index in [0.29, 0.717) is 22.8 Å². The number of aryl methyl sites for hydroxylation is 1. The number of ether oxygens (including phenoxy) is 2. The molecule has 0 spiro atoms. The third-order valence-electron chi connectivity index (χ3n) is 4.16. The van der Waals surface area contributed by atoms with Gasteiger partial charge in [0.1, 0.15) is 0 Å². The van der Waals surface area contributed by atoms with Crippen LogP contribution in [0.4, 0.5) is 0 Å². The minimum atomic E-state index is -0.190. The number of fused-ring (bicyclic) bond motifs is 2. The van der Waals surface area contributed by atoms with Crippen LogP contribution in [0.25, 0.3) is 10.2 Å². The van der Waals surface area contributed by atoms with Crippen LogP contribution in [0.15, 0.2) is 54.0 Å². The molecule has 0 N–H and O–H groups in total. The predicted octanol–water partition coefficient (Wildman–Crippen LogP) is 3.60. The van der Waals surface area contributed by atoms with Crippen LogP contribution in [0.5, 0.6) is 11.5 Å². The van der Waals surface area contributed by atoms with Gasteiger partial charge >= 0.3 is 0 Å². The number of rotatable bonds is 4. The lowest BCUT2D eigenvalue weighted by atomic mass is 10.1. The molecule has 1 amide bonds. The van der Waals surface area contributed by atoms with E-state index in [-0.39, 0.29) is 19.1 Å². The Morgan fingerprint density at radius 1 is 1.27 bits per heavy atom. The summed E-state index contributed by atoms with van der Waals surface area (Å²) in [7, 11) is 0. The number of thiazole rings is 1. The van der Waals surface area contributed by atoms with Gasteiger partial charge in [0.25, 0.3) is 5.91 Å². The number of benzene rings is 2. The minimum absolute atomic E-state index is 0.190. The summed E-state index contributed by atoms with van der Waals surface area (Å²) in [6.07, 6.45) is 2.03. The molecule has 2 aromatic carbocycles. The molecule has 0 unspecified atom stereocenters. The Bertz CT molecular complexity index is 1080. The van der Waals surface area contributed by atoms with Crippen molar-refractivity contribution in [3.8, 4) is 11.5 Å². The van der Waals surface area contributed by atoms with Crippen LogP contribution in [0.3, 0.4) is 0 Å². The molecule has 6 heteroatoms. The van der Waals surface area contributed by atoms with Crippen molar-refractivity contribution in [1.29, 1.82) is 0 Å². The second-order valence-corrected chi connectivity index (χ2v) is 7.13. The number of nitrogens with zero attached hydrogens (tertiary/aromatic N) is 2. The predicted molar refractivity (Wildman–Crippen MR) is 102 cm³/mol. The number of hydrogen-bond acceptors (Lipinski definition) is 4. The standard InChI is InChI=1S/C20H18N2O3S/c1-3-8-22-15-6-4-13(2)9-18(15)26-20(22)21-19(23)11-14-5-7-16-17(10-14)25-12-24-16/h3-7,9-10H,1,8,11-12H2,2H3. The number of amides is 1. The van der Waals surface area contributed by atoms with Gasteiger partial charge < -0.3 is 14.0 Å². The summed E-state index contributed by atoms with van der Waals surface area (Å²) in [5.41, 5.74) is 3.10. The molecule has 1 aliphatic rings. The maximum atomic E-state index is 12.5. The zero-order chi connectivity index (χ0) is 18.1. The normalized spacial score (nSPS) is 13.3. The summed E-state index contributed by atoms with van der Waals surface area (Å²) in [6.45, 7) is 6.70. The Hall–Kier alpha value is -2.86. The monoisotopic (exact) mass is 366 g/mol. The Labute approximate surface area is 154 Å². The first kappa shape index (κ1) is 16.6. The first-order chi connectivity index (χ1) is 12.6. The average Bonchev–Trinajstić information content (AvgIpc) is 3.19. The summed E-state index contributed by atoms with van der Waals surface area (Å²) >= 11 is 1.52. The maximum absolute atomic E-state index is 12.5. The molecule has 5 nitrogen and oxygen atoms in total. The SMILES string of the molecule is C=CCn1c(=NC(=O)Cc2ccc3c(c2)OCO3)sc2cc(C)ccc21. The van der Waals surface area contributed by atoms with Crippen molar-refractivity contribution in [3.05, 3.63) is 65.0 Å². The molecule has 0 bridgehead atoms. The van der Waals surface area contributed by atoms with Crippen LogP contribution in [-0.4, -0.2) is 17.3 Å². The zero-order valence-corrected chi connectivity index (χ0v) is 15.2. The Balaban J connectivity index is 1.67. The fourth-order valence-corrected chi connectivity index (χ4v) is 4.10. The van der Waals surface area contributed by atoms with Crippen molar-refractivity contribution in [3.63, 3.8) is 0 Å². The van der Waals surface area contributed by atoms with E-state index >= 15 is 0 Å². The fourth-order valence-electron chi connectivity index (χ4n) is 2.94. The van der Waals surface area contributed by atoms with Crippen molar-refractivity contribution in [2.45, 2.75) is 19.9 Å². The molecule has 26 heavy (non-hydrogen) atoms. The van der Waals surface area contributed by atoms with Crippen LogP contribution in [-0.2, 0) is 17.8 Å². The van der Waals surface area contributed by atoms with Crippen LogP contribution in [0, 0.1) is 6.92 Å². The number of allylic oxidation sites excluding steroid dienone is 1. The second-order valence-electron chi connectivity index (χ2n) is 6.13. The molecule has 0 saturated heterocycles. The molecule has 4 rings (SSSR count). The summed E-state index contributed by atoms with van der Waals surface area (Å²) in [5, 5.41) is 0. The topological polar surface area (TPSA) is 52.8 Å². The van der Waals surface area contributed by atoms with Gasteiger partial charge in [0.15, 0.2) is 16.3 Å². The molecule has 0 radical (unpaired) electrons. The Kier molecular flexibility index (Phi) is 4.34.